The second-order valence-electron chi connectivity index (χ2n) is 4.55. The molecule has 1 atom stereocenters. The van der Waals surface area contributed by atoms with E-state index in [1.807, 2.05) is 0 Å². The fourth-order valence-corrected chi connectivity index (χ4v) is 2.87. The summed E-state index contributed by atoms with van der Waals surface area (Å²) in [7, 11) is 0. The maximum atomic E-state index is 13.7. The summed E-state index contributed by atoms with van der Waals surface area (Å²) in [6.07, 6.45) is 2.01. The van der Waals surface area contributed by atoms with Gasteiger partial charge in [0.1, 0.15) is 11.6 Å². The van der Waals surface area contributed by atoms with E-state index >= 15 is 0 Å². The molecule has 1 rings (SSSR count). The van der Waals surface area contributed by atoms with Crippen molar-refractivity contribution in [1.29, 1.82) is 0 Å². The first kappa shape index (κ1) is 16.9. The predicted molar refractivity (Wildman–Crippen MR) is 79.5 cm³/mol. The van der Waals surface area contributed by atoms with Gasteiger partial charge < -0.3 is 5.32 Å². The number of benzene rings is 1. The van der Waals surface area contributed by atoms with E-state index in [0.717, 1.165) is 12.8 Å². The van der Waals surface area contributed by atoms with Gasteiger partial charge in [-0.15, -0.1) is 11.6 Å². The second-order valence-corrected chi connectivity index (χ2v) is 5.96. The highest BCUT2D eigenvalue weighted by Gasteiger charge is 2.16. The van der Waals surface area contributed by atoms with Gasteiger partial charge in [-0.2, -0.15) is 0 Å². The topological polar surface area (TPSA) is 12.0 Å². The van der Waals surface area contributed by atoms with E-state index < -0.39 is 11.6 Å². The van der Waals surface area contributed by atoms with E-state index in [9.17, 15) is 8.78 Å². The summed E-state index contributed by atoms with van der Waals surface area (Å²) in [6.45, 7) is 4.87. The van der Waals surface area contributed by atoms with Gasteiger partial charge in [-0.3, -0.25) is 0 Å². The van der Waals surface area contributed by atoms with Crippen LogP contribution in [0.5, 0.6) is 0 Å². The molecule has 0 aliphatic rings. The van der Waals surface area contributed by atoms with Crippen LogP contribution in [0.15, 0.2) is 16.6 Å². The molecule has 1 unspecified atom stereocenters. The summed E-state index contributed by atoms with van der Waals surface area (Å²) in [5.74, 6) is -0.672. The average Bonchev–Trinajstić information content (AvgIpc) is 2.39. The molecule has 0 saturated carbocycles. The molecule has 0 amide bonds. The zero-order valence-corrected chi connectivity index (χ0v) is 13.5. The summed E-state index contributed by atoms with van der Waals surface area (Å²) >= 11 is 9.32. The van der Waals surface area contributed by atoms with Gasteiger partial charge in [0.05, 0.1) is 4.47 Å². The Bertz CT molecular complexity index is 411. The molecule has 0 saturated heterocycles. The van der Waals surface area contributed by atoms with Gasteiger partial charge in [-0.25, -0.2) is 8.78 Å². The Morgan fingerprint density at radius 1 is 1.26 bits per heavy atom. The minimum absolute atomic E-state index is 0.0201. The maximum absolute atomic E-state index is 13.7. The van der Waals surface area contributed by atoms with Crippen molar-refractivity contribution >= 4 is 27.5 Å². The first-order chi connectivity index (χ1) is 9.01. The van der Waals surface area contributed by atoms with Gasteiger partial charge in [0.15, 0.2) is 0 Å². The van der Waals surface area contributed by atoms with Gasteiger partial charge in [0.25, 0.3) is 0 Å². The monoisotopic (exact) mass is 353 g/mol. The lowest BCUT2D eigenvalue weighted by Gasteiger charge is -2.19. The van der Waals surface area contributed by atoms with Crippen LogP contribution in [-0.4, -0.2) is 11.9 Å². The highest BCUT2D eigenvalue weighted by atomic mass is 79.9. The molecule has 108 valence electrons. The Morgan fingerprint density at radius 3 is 2.47 bits per heavy atom. The molecule has 1 N–H and O–H groups in total. The van der Waals surface area contributed by atoms with Gasteiger partial charge in [-0.1, -0.05) is 26.7 Å². The molecule has 5 heteroatoms. The number of halogens is 4. The van der Waals surface area contributed by atoms with Crippen LogP contribution in [0.4, 0.5) is 8.78 Å². The first-order valence-electron chi connectivity index (χ1n) is 6.48. The minimum atomic E-state index is -0.554. The summed E-state index contributed by atoms with van der Waals surface area (Å²) in [5.41, 5.74) is 0.0442. The lowest BCUT2D eigenvalue weighted by atomic mass is 9.99. The molecule has 1 aromatic rings. The third kappa shape index (κ3) is 4.69. The number of alkyl halides is 1. The lowest BCUT2D eigenvalue weighted by Crippen LogP contribution is -2.29. The second kappa shape index (κ2) is 8.18. The molecule has 0 aliphatic heterocycles. The molecule has 19 heavy (non-hydrogen) atoms. The molecule has 0 spiro atoms. The van der Waals surface area contributed by atoms with Crippen LogP contribution in [-0.2, 0) is 6.54 Å². The van der Waals surface area contributed by atoms with Crippen molar-refractivity contribution in [2.75, 3.05) is 6.54 Å². The van der Waals surface area contributed by atoms with Crippen molar-refractivity contribution in [2.45, 2.75) is 38.6 Å². The first-order valence-corrected chi connectivity index (χ1v) is 7.71. The molecule has 0 fully saturated rings. The van der Waals surface area contributed by atoms with Crippen molar-refractivity contribution in [3.8, 4) is 0 Å². The van der Waals surface area contributed by atoms with Gasteiger partial charge in [-0.05, 0) is 34.0 Å². The van der Waals surface area contributed by atoms with Crippen LogP contribution in [0.1, 0.15) is 32.3 Å². The van der Waals surface area contributed by atoms with Crippen molar-refractivity contribution in [3.63, 3.8) is 0 Å². The maximum Gasteiger partial charge on any atom is 0.144 e. The highest BCUT2D eigenvalue weighted by Crippen LogP contribution is 2.22. The largest absolute Gasteiger partial charge is 0.311 e. The van der Waals surface area contributed by atoms with Gasteiger partial charge >= 0.3 is 0 Å². The Morgan fingerprint density at radius 2 is 1.89 bits per heavy atom. The molecule has 0 aliphatic carbocycles. The van der Waals surface area contributed by atoms with E-state index in [1.165, 1.54) is 12.1 Å². The van der Waals surface area contributed by atoms with Crippen LogP contribution in [0, 0.1) is 17.6 Å². The molecular weight excluding hydrogens is 336 g/mol. The zero-order chi connectivity index (χ0) is 14.4. The number of hydrogen-bond acceptors (Lipinski definition) is 1. The number of hydrogen-bond donors (Lipinski definition) is 1. The van der Waals surface area contributed by atoms with Crippen molar-refractivity contribution < 1.29 is 8.78 Å². The third-order valence-electron chi connectivity index (χ3n) is 3.34. The molecular formula is C14H19BrClF2N. The Balaban J connectivity index is 2.56. The molecule has 1 aromatic carbocycles. The quantitative estimate of drug-likeness (QED) is 0.544. The smallest absolute Gasteiger partial charge is 0.144 e. The van der Waals surface area contributed by atoms with E-state index in [4.69, 9.17) is 11.6 Å². The van der Waals surface area contributed by atoms with Crippen LogP contribution in [0.25, 0.3) is 0 Å². The fraction of sp³-hybridized carbons (Fsp3) is 0.571. The van der Waals surface area contributed by atoms with Crippen molar-refractivity contribution in [3.05, 3.63) is 33.8 Å². The van der Waals surface area contributed by atoms with Crippen LogP contribution < -0.4 is 5.32 Å². The molecule has 0 radical (unpaired) electrons. The fourth-order valence-electron chi connectivity index (χ4n) is 2.03. The lowest BCUT2D eigenvalue weighted by molar-refractivity contribution is 0.441. The van der Waals surface area contributed by atoms with Crippen LogP contribution >= 0.6 is 27.5 Å². The van der Waals surface area contributed by atoms with E-state index in [1.54, 1.807) is 0 Å². The molecule has 1 nitrogen and oxygen atoms in total. The van der Waals surface area contributed by atoms with E-state index in [2.05, 4.69) is 35.1 Å². The summed E-state index contributed by atoms with van der Waals surface area (Å²) in [5, 5.41) is 3.01. The predicted octanol–water partition coefficient (Wildman–Crippen LogP) is 4.86. The minimum Gasteiger partial charge on any atom is -0.311 e. The summed E-state index contributed by atoms with van der Waals surface area (Å²) in [4.78, 5) is 0. The summed E-state index contributed by atoms with van der Waals surface area (Å²) in [6, 6.07) is 2.62. The Labute approximate surface area is 126 Å². The Kier molecular flexibility index (Phi) is 7.26. The molecule has 0 heterocycles. The average molecular weight is 355 g/mol. The van der Waals surface area contributed by atoms with Crippen LogP contribution in [0.2, 0.25) is 0 Å². The van der Waals surface area contributed by atoms with Gasteiger partial charge in [0.2, 0.25) is 0 Å². The van der Waals surface area contributed by atoms with Crippen molar-refractivity contribution in [1.82, 2.24) is 5.32 Å². The SMILES string of the molecule is CCC(CC)C(Cl)CNCc1c(F)ccc(Br)c1F. The van der Waals surface area contributed by atoms with Crippen molar-refractivity contribution in [2.24, 2.45) is 5.92 Å². The van der Waals surface area contributed by atoms with Crippen LogP contribution in [0.3, 0.4) is 0 Å². The standard InChI is InChI=1S/C14H19BrClF2N/c1-3-9(4-2)12(16)8-19-7-10-13(17)6-5-11(15)14(10)18/h5-6,9,12,19H,3-4,7-8H2,1-2H3. The third-order valence-corrected chi connectivity index (χ3v) is 4.46. The molecule has 0 aromatic heterocycles. The normalized spacial score (nSPS) is 13.0. The zero-order valence-electron chi connectivity index (χ0n) is 11.1. The molecule has 0 bridgehead atoms. The summed E-state index contributed by atoms with van der Waals surface area (Å²) < 4.78 is 27.5. The Hall–Kier alpha value is -0.190. The van der Waals surface area contributed by atoms with E-state index in [0.29, 0.717) is 12.5 Å². The van der Waals surface area contributed by atoms with Gasteiger partial charge in [0, 0.05) is 24.0 Å². The highest BCUT2D eigenvalue weighted by molar-refractivity contribution is 9.10. The number of nitrogens with one attached hydrogen (secondary N) is 1. The van der Waals surface area contributed by atoms with E-state index in [-0.39, 0.29) is 22.0 Å². The number of rotatable bonds is 7.